The normalized spacial score (nSPS) is 36.1. The lowest BCUT2D eigenvalue weighted by Crippen LogP contribution is -2.62. The van der Waals surface area contributed by atoms with E-state index in [9.17, 15) is 22.0 Å². The fourth-order valence-electron chi connectivity index (χ4n) is 3.71. The summed E-state index contributed by atoms with van der Waals surface area (Å²) in [5, 5.41) is -2.72. The molecule has 2 bridgehead atoms. The van der Waals surface area contributed by atoms with Gasteiger partial charge in [0.2, 0.25) is 0 Å². The van der Waals surface area contributed by atoms with E-state index in [0.717, 1.165) is 6.42 Å². The van der Waals surface area contributed by atoms with Crippen LogP contribution in [0.1, 0.15) is 33.6 Å². The Bertz CT molecular complexity index is 532. The molecule has 8 heteroatoms. The van der Waals surface area contributed by atoms with Crippen molar-refractivity contribution in [3.63, 3.8) is 0 Å². The summed E-state index contributed by atoms with van der Waals surface area (Å²) >= 11 is 0. The predicted molar refractivity (Wildman–Crippen MR) is 67.6 cm³/mol. The Balaban J connectivity index is 2.08. The Labute approximate surface area is 116 Å². The predicted octanol–water partition coefficient (Wildman–Crippen LogP) is 1.65. The number of carbonyl (C=O) groups is 1. The van der Waals surface area contributed by atoms with Gasteiger partial charge in [-0.3, -0.25) is 9.35 Å². The molecule has 3 aliphatic rings. The van der Waals surface area contributed by atoms with E-state index >= 15 is 0 Å². The van der Waals surface area contributed by atoms with Crippen molar-refractivity contribution < 1.29 is 26.5 Å². The van der Waals surface area contributed by atoms with Gasteiger partial charge in [-0.25, -0.2) is 0 Å². The standard InChI is InChI=1S/C12H19F2NO4S/c1-6-8-4-7(11(8,2)3)5-9(6)15-10(16)12(13,14)20(17,18)19/h6-9H,4-5H2,1-3H3,(H,15,16)(H,17,18,19). The third kappa shape index (κ3) is 2.13. The van der Waals surface area contributed by atoms with Gasteiger partial charge in [-0.05, 0) is 36.0 Å². The first-order chi connectivity index (χ1) is 8.89. The topological polar surface area (TPSA) is 83.5 Å². The van der Waals surface area contributed by atoms with E-state index in [4.69, 9.17) is 4.55 Å². The summed E-state index contributed by atoms with van der Waals surface area (Å²) in [6.07, 6.45) is 1.56. The van der Waals surface area contributed by atoms with Crippen LogP contribution in [-0.2, 0) is 14.9 Å². The molecule has 3 saturated carbocycles. The number of amides is 1. The third-order valence-corrected chi connectivity index (χ3v) is 6.09. The quantitative estimate of drug-likeness (QED) is 0.776. The minimum atomic E-state index is -5.74. The van der Waals surface area contributed by atoms with Gasteiger partial charge in [0.05, 0.1) is 0 Å². The fraction of sp³-hybridized carbons (Fsp3) is 0.917. The monoisotopic (exact) mass is 311 g/mol. The maximum Gasteiger partial charge on any atom is 0.446 e. The van der Waals surface area contributed by atoms with Crippen molar-refractivity contribution in [2.75, 3.05) is 0 Å². The average Bonchev–Trinajstić information content (AvgIpc) is 2.29. The summed E-state index contributed by atoms with van der Waals surface area (Å²) < 4.78 is 55.9. The molecule has 4 unspecified atom stereocenters. The second-order valence-electron chi connectivity index (χ2n) is 6.53. The molecule has 4 atom stereocenters. The first kappa shape index (κ1) is 15.6. The molecule has 3 aliphatic carbocycles. The van der Waals surface area contributed by atoms with Gasteiger partial charge < -0.3 is 5.32 Å². The van der Waals surface area contributed by atoms with Crippen LogP contribution in [0.4, 0.5) is 8.78 Å². The van der Waals surface area contributed by atoms with Crippen LogP contribution in [0.15, 0.2) is 0 Å². The zero-order chi connectivity index (χ0) is 15.5. The summed E-state index contributed by atoms with van der Waals surface area (Å²) in [6, 6.07) is -0.480. The lowest BCUT2D eigenvalue weighted by molar-refractivity contribution is -0.145. The highest BCUT2D eigenvalue weighted by Crippen LogP contribution is 2.61. The van der Waals surface area contributed by atoms with Crippen molar-refractivity contribution in [1.82, 2.24) is 5.32 Å². The molecule has 0 saturated heterocycles. The van der Waals surface area contributed by atoms with E-state index in [0.29, 0.717) is 18.3 Å². The highest BCUT2D eigenvalue weighted by atomic mass is 32.2. The Morgan fingerprint density at radius 3 is 2.30 bits per heavy atom. The zero-order valence-corrected chi connectivity index (χ0v) is 12.4. The number of hydrogen-bond donors (Lipinski definition) is 2. The van der Waals surface area contributed by atoms with Crippen LogP contribution < -0.4 is 5.32 Å². The van der Waals surface area contributed by atoms with E-state index < -0.39 is 27.3 Å². The molecule has 1 amide bonds. The molecule has 3 rings (SSSR count). The number of nitrogens with one attached hydrogen (secondary N) is 1. The first-order valence-corrected chi connectivity index (χ1v) is 7.99. The summed E-state index contributed by atoms with van der Waals surface area (Å²) in [7, 11) is -5.74. The molecule has 0 aromatic rings. The molecular weight excluding hydrogens is 292 g/mol. The Hall–Kier alpha value is -0.760. The summed E-state index contributed by atoms with van der Waals surface area (Å²) in [6.45, 7) is 6.11. The second-order valence-corrected chi connectivity index (χ2v) is 7.99. The Morgan fingerprint density at radius 1 is 1.35 bits per heavy atom. The summed E-state index contributed by atoms with van der Waals surface area (Å²) in [4.78, 5) is 11.4. The molecule has 5 nitrogen and oxygen atoms in total. The Kier molecular flexibility index (Phi) is 3.41. The van der Waals surface area contributed by atoms with Crippen LogP contribution in [0.3, 0.4) is 0 Å². The fourth-order valence-corrected chi connectivity index (χ4v) is 4.00. The molecule has 0 spiro atoms. The second kappa shape index (κ2) is 4.37. The molecule has 0 radical (unpaired) electrons. The molecular formula is C12H19F2NO4S. The molecule has 3 fully saturated rings. The van der Waals surface area contributed by atoms with Crippen molar-refractivity contribution in [3.8, 4) is 0 Å². The number of fused-ring (bicyclic) bond motifs is 2. The largest absolute Gasteiger partial charge is 0.446 e. The zero-order valence-electron chi connectivity index (χ0n) is 11.6. The SMILES string of the molecule is CC1C(NC(=O)C(F)(F)S(=O)(=O)O)CC2CC1C2(C)C. The molecule has 0 aromatic heterocycles. The minimum absolute atomic E-state index is 0.00357. The maximum atomic E-state index is 13.2. The van der Waals surface area contributed by atoms with E-state index in [1.165, 1.54) is 0 Å². The highest BCUT2D eigenvalue weighted by Gasteiger charge is 2.58. The summed E-state index contributed by atoms with van der Waals surface area (Å²) in [5.74, 6) is -1.29. The van der Waals surface area contributed by atoms with E-state index in [2.05, 4.69) is 19.2 Å². The smallest absolute Gasteiger partial charge is 0.347 e. The van der Waals surface area contributed by atoms with Crippen molar-refractivity contribution in [1.29, 1.82) is 0 Å². The lowest BCUT2D eigenvalue weighted by Gasteiger charge is -2.62. The van der Waals surface area contributed by atoms with Crippen LogP contribution >= 0.6 is 0 Å². The van der Waals surface area contributed by atoms with Gasteiger partial charge in [-0.2, -0.15) is 17.2 Å². The first-order valence-electron chi connectivity index (χ1n) is 6.55. The van der Waals surface area contributed by atoms with Crippen molar-refractivity contribution in [2.24, 2.45) is 23.2 Å². The van der Waals surface area contributed by atoms with Crippen LogP contribution in [0.25, 0.3) is 0 Å². The van der Waals surface area contributed by atoms with Crippen LogP contribution in [0, 0.1) is 23.2 Å². The molecule has 0 heterocycles. The highest BCUT2D eigenvalue weighted by molar-refractivity contribution is 7.87. The summed E-state index contributed by atoms with van der Waals surface area (Å²) in [5.41, 5.74) is 0.131. The molecule has 116 valence electrons. The third-order valence-electron chi connectivity index (χ3n) is 5.26. The van der Waals surface area contributed by atoms with Crippen molar-refractivity contribution >= 4 is 16.0 Å². The average molecular weight is 311 g/mol. The number of hydrogen-bond acceptors (Lipinski definition) is 3. The number of rotatable bonds is 3. The van der Waals surface area contributed by atoms with E-state index in [1.807, 2.05) is 6.92 Å². The Morgan fingerprint density at radius 2 is 1.90 bits per heavy atom. The van der Waals surface area contributed by atoms with Crippen LogP contribution in [-0.4, -0.2) is 30.2 Å². The molecule has 0 aromatic carbocycles. The van der Waals surface area contributed by atoms with Gasteiger partial charge in [-0.1, -0.05) is 20.8 Å². The number of alkyl halides is 2. The van der Waals surface area contributed by atoms with Gasteiger partial charge in [0, 0.05) is 6.04 Å². The van der Waals surface area contributed by atoms with Crippen LogP contribution in [0.5, 0.6) is 0 Å². The van der Waals surface area contributed by atoms with Gasteiger partial charge in [0.25, 0.3) is 0 Å². The van der Waals surface area contributed by atoms with Crippen molar-refractivity contribution in [2.45, 2.75) is 44.9 Å². The van der Waals surface area contributed by atoms with E-state index in [1.54, 1.807) is 0 Å². The maximum absolute atomic E-state index is 13.2. The van der Waals surface area contributed by atoms with Crippen molar-refractivity contribution in [3.05, 3.63) is 0 Å². The molecule has 0 aliphatic heterocycles. The molecule has 20 heavy (non-hydrogen) atoms. The van der Waals surface area contributed by atoms with Gasteiger partial charge in [0.1, 0.15) is 0 Å². The minimum Gasteiger partial charge on any atom is -0.347 e. The number of halogens is 2. The van der Waals surface area contributed by atoms with Gasteiger partial charge in [-0.15, -0.1) is 0 Å². The van der Waals surface area contributed by atoms with E-state index in [-0.39, 0.29) is 11.3 Å². The van der Waals surface area contributed by atoms with Crippen LogP contribution in [0.2, 0.25) is 0 Å². The van der Waals surface area contributed by atoms with Gasteiger partial charge >= 0.3 is 21.3 Å². The van der Waals surface area contributed by atoms with Gasteiger partial charge in [0.15, 0.2) is 0 Å². The molecule has 2 N–H and O–H groups in total. The number of carbonyl (C=O) groups excluding carboxylic acids is 1. The lowest BCUT2D eigenvalue weighted by atomic mass is 9.45.